The van der Waals surface area contributed by atoms with Crippen molar-refractivity contribution in [2.45, 2.75) is 57.1 Å². The number of aliphatic imine (C=N–C) groups is 1. The molecular formula is C37H46Cl2N6O6S. The van der Waals surface area contributed by atoms with Crippen LogP contribution in [0.15, 0.2) is 70.6 Å². The first kappa shape index (κ1) is 39.5. The lowest BCUT2D eigenvalue weighted by Crippen LogP contribution is -2.55. The van der Waals surface area contributed by atoms with E-state index in [0.29, 0.717) is 59.7 Å². The van der Waals surface area contributed by atoms with Gasteiger partial charge in [-0.05, 0) is 87.7 Å². The molecule has 3 aromatic carbocycles. The van der Waals surface area contributed by atoms with Gasteiger partial charge in [-0.3, -0.25) is 24.4 Å². The van der Waals surface area contributed by atoms with Crippen LogP contribution in [0.25, 0.3) is 0 Å². The van der Waals surface area contributed by atoms with Crippen LogP contribution in [-0.4, -0.2) is 105 Å². The lowest BCUT2D eigenvalue weighted by Gasteiger charge is -2.39. The molecule has 0 aliphatic carbocycles. The summed E-state index contributed by atoms with van der Waals surface area (Å²) >= 11 is 12.6. The predicted molar refractivity (Wildman–Crippen MR) is 202 cm³/mol. The van der Waals surface area contributed by atoms with Crippen LogP contribution in [0.5, 0.6) is 5.75 Å². The van der Waals surface area contributed by atoms with Gasteiger partial charge < -0.3 is 9.64 Å². The van der Waals surface area contributed by atoms with Crippen LogP contribution in [0.1, 0.15) is 62.0 Å². The molecule has 15 heteroatoms. The topological polar surface area (TPSA) is 124 Å². The van der Waals surface area contributed by atoms with Crippen molar-refractivity contribution in [3.8, 4) is 5.75 Å². The molecule has 2 heterocycles. The number of halogens is 2. The standard InChI is InChI=1S/C37H46Cl2N6O6S/c1-8-51-30-21-24(2)31(52(48,49)41-37(3,4)5)22-29(30)35-40-33(25-9-13-27(38)14-10-25)34(26-11-15-28(39)16-12-26)45(35)36(47)44-19-17-43(18-20-44)23-32(46)42(6)50-7/h9-16,21-22,33-34,41H,8,17-20,23H2,1-7H3/t33-,34+/m0/s1. The maximum atomic E-state index is 15.0. The summed E-state index contributed by atoms with van der Waals surface area (Å²) in [7, 11) is -1.01. The molecule has 5 rings (SSSR count). The quantitative estimate of drug-likeness (QED) is 0.248. The van der Waals surface area contributed by atoms with Gasteiger partial charge >= 0.3 is 6.03 Å². The lowest BCUT2D eigenvalue weighted by molar-refractivity contribution is -0.170. The van der Waals surface area contributed by atoms with Crippen molar-refractivity contribution >= 4 is 51.0 Å². The highest BCUT2D eigenvalue weighted by molar-refractivity contribution is 7.89. The van der Waals surface area contributed by atoms with Gasteiger partial charge in [0.2, 0.25) is 10.0 Å². The number of hydrogen-bond acceptors (Lipinski definition) is 8. The average molecular weight is 774 g/mol. The van der Waals surface area contributed by atoms with Crippen LogP contribution < -0.4 is 9.46 Å². The molecule has 1 saturated heterocycles. The number of sulfonamides is 1. The zero-order valence-electron chi connectivity index (χ0n) is 30.5. The Morgan fingerprint density at radius 2 is 1.54 bits per heavy atom. The van der Waals surface area contributed by atoms with Gasteiger partial charge in [-0.25, -0.2) is 23.0 Å². The molecule has 3 amide bonds. The summed E-state index contributed by atoms with van der Waals surface area (Å²) in [6.07, 6.45) is 0. The maximum Gasteiger partial charge on any atom is 0.326 e. The first-order chi connectivity index (χ1) is 24.5. The maximum absolute atomic E-state index is 15.0. The minimum atomic E-state index is -4.00. The number of rotatable bonds is 10. The molecule has 0 aromatic heterocycles. The molecule has 1 fully saturated rings. The highest BCUT2D eigenvalue weighted by atomic mass is 35.5. The van der Waals surface area contributed by atoms with E-state index < -0.39 is 27.6 Å². The van der Waals surface area contributed by atoms with Crippen molar-refractivity contribution in [2.75, 3.05) is 53.5 Å². The number of benzene rings is 3. The summed E-state index contributed by atoms with van der Waals surface area (Å²) in [6.45, 7) is 10.9. The number of nitrogens with zero attached hydrogens (tertiary/aromatic N) is 5. The number of piperazine rings is 1. The number of carbonyl (C=O) groups excluding carboxylic acids is 2. The van der Waals surface area contributed by atoms with Gasteiger partial charge in [-0.2, -0.15) is 0 Å². The summed E-state index contributed by atoms with van der Waals surface area (Å²) < 4.78 is 36.5. The Balaban J connectivity index is 1.66. The third-order valence-electron chi connectivity index (χ3n) is 8.87. The Morgan fingerprint density at radius 1 is 0.962 bits per heavy atom. The second-order valence-electron chi connectivity index (χ2n) is 13.8. The number of nitrogens with one attached hydrogen (secondary N) is 1. The smallest absolute Gasteiger partial charge is 0.326 e. The second kappa shape index (κ2) is 16.1. The van der Waals surface area contributed by atoms with E-state index in [2.05, 4.69) is 4.72 Å². The Labute approximate surface area is 316 Å². The predicted octanol–water partition coefficient (Wildman–Crippen LogP) is 6.08. The van der Waals surface area contributed by atoms with Crippen molar-refractivity contribution in [3.05, 3.63) is 93.0 Å². The summed E-state index contributed by atoms with van der Waals surface area (Å²) in [4.78, 5) is 43.2. The number of amidine groups is 1. The Bertz CT molecular complexity index is 1910. The first-order valence-corrected chi connectivity index (χ1v) is 19.3. The normalized spacial score (nSPS) is 18.4. The summed E-state index contributed by atoms with van der Waals surface area (Å²) in [5, 5.41) is 2.27. The van der Waals surface area contributed by atoms with E-state index >= 15 is 0 Å². The number of carbonyl (C=O) groups is 2. The van der Waals surface area contributed by atoms with E-state index in [0.717, 1.165) is 11.1 Å². The van der Waals surface area contributed by atoms with E-state index in [1.165, 1.54) is 12.2 Å². The molecule has 0 unspecified atom stereocenters. The molecule has 280 valence electrons. The van der Waals surface area contributed by atoms with Crippen LogP contribution in [0.2, 0.25) is 10.0 Å². The molecule has 0 radical (unpaired) electrons. The van der Waals surface area contributed by atoms with Crippen molar-refractivity contribution in [2.24, 2.45) is 4.99 Å². The Kier molecular flexibility index (Phi) is 12.2. The Hall–Kier alpha value is -3.72. The Morgan fingerprint density at radius 3 is 2.08 bits per heavy atom. The van der Waals surface area contributed by atoms with Gasteiger partial charge in [0.25, 0.3) is 5.91 Å². The molecule has 12 nitrogen and oxygen atoms in total. The monoisotopic (exact) mass is 772 g/mol. The first-order valence-electron chi connectivity index (χ1n) is 17.0. The highest BCUT2D eigenvalue weighted by Crippen LogP contribution is 2.46. The number of amides is 3. The largest absolute Gasteiger partial charge is 0.493 e. The van der Waals surface area contributed by atoms with Crippen molar-refractivity contribution in [1.82, 2.24) is 24.5 Å². The molecule has 0 spiro atoms. The van der Waals surface area contributed by atoms with Gasteiger partial charge in [0.15, 0.2) is 0 Å². The van der Waals surface area contributed by atoms with Gasteiger partial charge in [-0.1, -0.05) is 47.5 Å². The number of likely N-dealkylation sites (N-methyl/N-ethyl adjacent to an activating group) is 1. The summed E-state index contributed by atoms with van der Waals surface area (Å²) in [5.74, 6) is 0.461. The molecule has 0 bridgehead atoms. The fraction of sp³-hybridized carbons (Fsp3) is 0.432. The van der Waals surface area contributed by atoms with Crippen molar-refractivity contribution in [1.29, 1.82) is 0 Å². The lowest BCUT2D eigenvalue weighted by atomic mass is 9.93. The van der Waals surface area contributed by atoms with Gasteiger partial charge in [0.1, 0.15) is 17.6 Å². The SMILES string of the molecule is CCOc1cc(C)c(S(=O)(=O)NC(C)(C)C)cc1C1=N[C@@H](c2ccc(Cl)cc2)[C@@H](c2ccc(Cl)cc2)N1C(=O)N1CCN(CC(=O)N(C)OC)CC1. The highest BCUT2D eigenvalue weighted by Gasteiger charge is 2.45. The average Bonchev–Trinajstić information content (AvgIpc) is 3.48. The van der Waals surface area contributed by atoms with Crippen LogP contribution >= 0.6 is 23.2 Å². The van der Waals surface area contributed by atoms with Crippen LogP contribution in [0.3, 0.4) is 0 Å². The van der Waals surface area contributed by atoms with Crippen LogP contribution in [-0.2, 0) is 19.7 Å². The zero-order chi connectivity index (χ0) is 38.0. The molecule has 2 aliphatic rings. The number of aryl methyl sites for hydroxylation is 1. The fourth-order valence-electron chi connectivity index (χ4n) is 6.36. The van der Waals surface area contributed by atoms with E-state index in [-0.39, 0.29) is 29.2 Å². The van der Waals surface area contributed by atoms with Gasteiger partial charge in [0, 0.05) is 48.8 Å². The van der Waals surface area contributed by atoms with Gasteiger partial charge in [-0.15, -0.1) is 0 Å². The molecular weight excluding hydrogens is 727 g/mol. The van der Waals surface area contributed by atoms with Crippen LogP contribution in [0, 0.1) is 6.92 Å². The van der Waals surface area contributed by atoms with Crippen LogP contribution in [0.4, 0.5) is 4.79 Å². The molecule has 0 saturated carbocycles. The van der Waals surface area contributed by atoms with Gasteiger partial charge in [0.05, 0.1) is 36.8 Å². The second-order valence-corrected chi connectivity index (χ2v) is 16.4. The zero-order valence-corrected chi connectivity index (χ0v) is 32.8. The number of hydrogen-bond donors (Lipinski definition) is 1. The van der Waals surface area contributed by atoms with E-state index in [9.17, 15) is 18.0 Å². The molecule has 1 N–H and O–H groups in total. The summed E-state index contributed by atoms with van der Waals surface area (Å²) in [5.41, 5.74) is 1.67. The third-order valence-corrected chi connectivity index (χ3v) is 11.3. The van der Waals surface area contributed by atoms with Crippen molar-refractivity contribution in [3.63, 3.8) is 0 Å². The summed E-state index contributed by atoms with van der Waals surface area (Å²) in [6, 6.07) is 16.2. The van der Waals surface area contributed by atoms with E-state index in [1.807, 2.05) is 36.1 Å². The van der Waals surface area contributed by atoms with E-state index in [1.54, 1.807) is 80.9 Å². The number of urea groups is 1. The molecule has 3 aromatic rings. The number of ether oxygens (including phenoxy) is 1. The molecule has 2 atom stereocenters. The minimum absolute atomic E-state index is 0.0493. The van der Waals surface area contributed by atoms with Crippen molar-refractivity contribution < 1.29 is 27.6 Å². The third kappa shape index (κ3) is 8.90. The number of hydroxylamine groups is 2. The molecule has 2 aliphatic heterocycles. The minimum Gasteiger partial charge on any atom is -0.493 e. The molecule has 52 heavy (non-hydrogen) atoms. The van der Waals surface area contributed by atoms with E-state index in [4.69, 9.17) is 37.8 Å². The fourth-order valence-corrected chi connectivity index (χ4v) is 8.28.